The van der Waals surface area contributed by atoms with Gasteiger partial charge < -0.3 is 10.1 Å². The highest BCUT2D eigenvalue weighted by atomic mass is 16.5. The van der Waals surface area contributed by atoms with E-state index in [2.05, 4.69) is 38.1 Å². The van der Waals surface area contributed by atoms with Crippen LogP contribution in [0, 0.1) is 17.8 Å². The number of carbonyl (C=O) groups excluding carboxylic acids is 1. The highest BCUT2D eigenvalue weighted by Crippen LogP contribution is 2.36. The Bertz CT molecular complexity index is 814. The zero-order valence-corrected chi connectivity index (χ0v) is 19.7. The van der Waals surface area contributed by atoms with Crippen molar-refractivity contribution in [3.63, 3.8) is 0 Å². The first-order valence-electron chi connectivity index (χ1n) is 11.5. The van der Waals surface area contributed by atoms with Crippen LogP contribution in [0.2, 0.25) is 0 Å². The van der Waals surface area contributed by atoms with Gasteiger partial charge in [-0.25, -0.2) is 0 Å². The normalized spacial score (nSPS) is 22.2. The molecule has 0 aromatic heterocycles. The first-order valence-corrected chi connectivity index (χ1v) is 11.5. The molecule has 0 spiro atoms. The maximum atomic E-state index is 12.3. The second kappa shape index (κ2) is 12.4. The molecule has 1 aromatic carbocycles. The van der Waals surface area contributed by atoms with Crippen molar-refractivity contribution in [3.8, 4) is 0 Å². The van der Waals surface area contributed by atoms with Gasteiger partial charge in [-0.2, -0.15) is 0 Å². The molecule has 0 amide bonds. The molecule has 1 aliphatic carbocycles. The molecule has 2 rings (SSSR count). The van der Waals surface area contributed by atoms with Crippen LogP contribution < -0.4 is 5.32 Å². The summed E-state index contributed by atoms with van der Waals surface area (Å²) in [5.41, 5.74) is 6.65. The molecule has 1 aliphatic rings. The third kappa shape index (κ3) is 7.60. The summed E-state index contributed by atoms with van der Waals surface area (Å²) in [6, 6.07) is 8.35. The Hall–Kier alpha value is -2.51. The van der Waals surface area contributed by atoms with Gasteiger partial charge in [0.2, 0.25) is 0 Å². The van der Waals surface area contributed by atoms with Crippen LogP contribution in [0.5, 0.6) is 0 Å². The van der Waals surface area contributed by atoms with E-state index in [1.807, 2.05) is 36.4 Å². The van der Waals surface area contributed by atoms with E-state index in [0.717, 1.165) is 49.1 Å². The van der Waals surface area contributed by atoms with E-state index in [0.29, 0.717) is 11.8 Å². The minimum absolute atomic E-state index is 0.0631. The van der Waals surface area contributed by atoms with Crippen LogP contribution in [0.3, 0.4) is 0 Å². The van der Waals surface area contributed by atoms with E-state index in [9.17, 15) is 4.79 Å². The predicted molar refractivity (Wildman–Crippen MR) is 131 cm³/mol. The molecular formula is C28H39NO2. The van der Waals surface area contributed by atoms with Gasteiger partial charge in [-0.05, 0) is 67.6 Å². The maximum Gasteiger partial charge on any atom is 0.187 e. The summed E-state index contributed by atoms with van der Waals surface area (Å²) in [6.07, 6.45) is 9.90. The summed E-state index contributed by atoms with van der Waals surface area (Å²) in [7, 11) is 1.68. The summed E-state index contributed by atoms with van der Waals surface area (Å²) >= 11 is 0. The molecule has 1 saturated carbocycles. The standard InChI is InChI=1S/C28H39NO2/c1-7-20(4)10-15-24(9-3)26-17-25(21(5)30)18-27(19-26)29-28(31-6)16-23-13-11-22(8-2)12-14-23/h8,11-14,16,20,25-27,29H,2-3,7,10,15,17-19H2,1,4-6H3/b28-16+/t20?,25?,26?,27-/m0/s1. The molecule has 0 bridgehead atoms. The van der Waals surface area contributed by atoms with Crippen molar-refractivity contribution in [3.05, 3.63) is 65.7 Å². The van der Waals surface area contributed by atoms with Gasteiger partial charge in [0.1, 0.15) is 5.78 Å². The number of Topliss-reactive ketones (excluding diaryl/α,β-unsaturated/α-hetero) is 1. The van der Waals surface area contributed by atoms with Gasteiger partial charge >= 0.3 is 0 Å². The topological polar surface area (TPSA) is 38.3 Å². The molecule has 0 radical (unpaired) electrons. The van der Waals surface area contributed by atoms with Gasteiger partial charge in [-0.3, -0.25) is 4.79 Å². The Morgan fingerprint density at radius 3 is 2.42 bits per heavy atom. The molecule has 3 heteroatoms. The van der Waals surface area contributed by atoms with Crippen LogP contribution in [-0.4, -0.2) is 18.9 Å². The van der Waals surface area contributed by atoms with Crippen molar-refractivity contribution in [2.75, 3.05) is 7.11 Å². The van der Waals surface area contributed by atoms with E-state index >= 15 is 0 Å². The summed E-state index contributed by atoms with van der Waals surface area (Å²) in [5, 5.41) is 3.56. The van der Waals surface area contributed by atoms with Crippen molar-refractivity contribution in [2.45, 2.75) is 65.3 Å². The van der Waals surface area contributed by atoms with Gasteiger partial charge in [-0.15, -0.1) is 5.73 Å². The van der Waals surface area contributed by atoms with Crippen LogP contribution in [-0.2, 0) is 9.53 Å². The third-order valence-corrected chi connectivity index (χ3v) is 6.64. The average Bonchev–Trinajstić information content (AvgIpc) is 2.79. The van der Waals surface area contributed by atoms with Crippen LogP contribution in [0.4, 0.5) is 0 Å². The van der Waals surface area contributed by atoms with Crippen molar-refractivity contribution in [2.24, 2.45) is 17.8 Å². The Labute approximate surface area is 189 Å². The molecule has 31 heavy (non-hydrogen) atoms. The van der Waals surface area contributed by atoms with Crippen LogP contribution in [0.25, 0.3) is 12.2 Å². The molecular weight excluding hydrogens is 382 g/mol. The second-order valence-corrected chi connectivity index (χ2v) is 8.89. The smallest absolute Gasteiger partial charge is 0.187 e. The first kappa shape index (κ1) is 24.8. The van der Waals surface area contributed by atoms with Crippen LogP contribution >= 0.6 is 0 Å². The number of rotatable bonds is 11. The fourth-order valence-electron chi connectivity index (χ4n) is 4.34. The molecule has 168 valence electrons. The van der Waals surface area contributed by atoms with Gasteiger partial charge in [-0.1, -0.05) is 63.8 Å². The second-order valence-electron chi connectivity index (χ2n) is 8.89. The fourth-order valence-corrected chi connectivity index (χ4v) is 4.34. The summed E-state index contributed by atoms with van der Waals surface area (Å²) in [5.74, 6) is 2.09. The van der Waals surface area contributed by atoms with Gasteiger partial charge in [0.05, 0.1) is 7.11 Å². The van der Waals surface area contributed by atoms with E-state index in [1.165, 1.54) is 12.0 Å². The Morgan fingerprint density at radius 2 is 1.87 bits per heavy atom. The number of ether oxygens (including phenoxy) is 1. The predicted octanol–water partition coefficient (Wildman–Crippen LogP) is 6.78. The summed E-state index contributed by atoms with van der Waals surface area (Å²) in [4.78, 5) is 12.3. The number of allylic oxidation sites excluding steroid dienone is 1. The number of methoxy groups -OCH3 is 1. The van der Waals surface area contributed by atoms with Crippen molar-refractivity contribution < 1.29 is 9.53 Å². The summed E-state index contributed by atoms with van der Waals surface area (Å²) < 4.78 is 5.63. The van der Waals surface area contributed by atoms with E-state index in [4.69, 9.17) is 4.74 Å². The highest BCUT2D eigenvalue weighted by Gasteiger charge is 2.33. The van der Waals surface area contributed by atoms with Crippen LogP contribution in [0.1, 0.15) is 70.4 Å². The molecule has 4 atom stereocenters. The van der Waals surface area contributed by atoms with E-state index in [-0.39, 0.29) is 17.7 Å². The maximum absolute atomic E-state index is 12.3. The SMILES string of the molecule is C=C=C(CCC(C)CC)C1CC(C(C)=O)C[C@H](N/C(=C\c2ccc(C=C)cc2)OC)C1. The molecule has 0 heterocycles. The summed E-state index contributed by atoms with van der Waals surface area (Å²) in [6.45, 7) is 14.0. The average molecular weight is 422 g/mol. The van der Waals surface area contributed by atoms with Gasteiger partial charge in [0.25, 0.3) is 0 Å². The zero-order chi connectivity index (χ0) is 22.8. The van der Waals surface area contributed by atoms with Crippen molar-refractivity contribution in [1.29, 1.82) is 0 Å². The number of ketones is 1. The lowest BCUT2D eigenvalue weighted by atomic mass is 9.73. The molecule has 0 saturated heterocycles. The lowest BCUT2D eigenvalue weighted by Gasteiger charge is -2.36. The van der Waals surface area contributed by atoms with Crippen molar-refractivity contribution in [1.82, 2.24) is 5.32 Å². The van der Waals surface area contributed by atoms with E-state index in [1.54, 1.807) is 14.0 Å². The Balaban J connectivity index is 2.15. The quantitative estimate of drug-likeness (QED) is 0.316. The van der Waals surface area contributed by atoms with Gasteiger partial charge in [0.15, 0.2) is 5.88 Å². The molecule has 3 nitrogen and oxygen atoms in total. The minimum atomic E-state index is 0.0631. The number of nitrogens with one attached hydrogen (secondary N) is 1. The third-order valence-electron chi connectivity index (χ3n) is 6.64. The first-order chi connectivity index (χ1) is 14.9. The lowest BCUT2D eigenvalue weighted by Crippen LogP contribution is -2.39. The number of carbonyl (C=O) groups is 1. The Kier molecular flexibility index (Phi) is 9.88. The molecule has 1 fully saturated rings. The van der Waals surface area contributed by atoms with Crippen LogP contribution in [0.15, 0.2) is 54.6 Å². The molecule has 1 N–H and O–H groups in total. The molecule has 1 aromatic rings. The Morgan fingerprint density at radius 1 is 1.23 bits per heavy atom. The number of hydrogen-bond acceptors (Lipinski definition) is 3. The largest absolute Gasteiger partial charge is 0.482 e. The molecule has 0 aliphatic heterocycles. The zero-order valence-electron chi connectivity index (χ0n) is 19.7. The number of benzene rings is 1. The monoisotopic (exact) mass is 421 g/mol. The highest BCUT2D eigenvalue weighted by molar-refractivity contribution is 5.78. The minimum Gasteiger partial charge on any atom is -0.482 e. The van der Waals surface area contributed by atoms with Gasteiger partial charge in [0, 0.05) is 18.0 Å². The molecule has 3 unspecified atom stereocenters. The van der Waals surface area contributed by atoms with E-state index < -0.39 is 0 Å². The van der Waals surface area contributed by atoms with Crippen molar-refractivity contribution >= 4 is 17.9 Å². The number of hydrogen-bond donors (Lipinski definition) is 1. The fraction of sp³-hybridized carbons (Fsp3) is 0.500. The lowest BCUT2D eigenvalue weighted by molar-refractivity contribution is -0.122.